The third kappa shape index (κ3) is 8.46. The van der Waals surface area contributed by atoms with E-state index in [-0.39, 0.29) is 6.61 Å². The van der Waals surface area contributed by atoms with Gasteiger partial charge in [-0.1, -0.05) is 18.2 Å². The van der Waals surface area contributed by atoms with E-state index in [1.54, 1.807) is 13.1 Å². The molecular formula is C23H32N4O4. The van der Waals surface area contributed by atoms with Gasteiger partial charge in [-0.15, -0.1) is 0 Å². The summed E-state index contributed by atoms with van der Waals surface area (Å²) in [4.78, 5) is 15.1. The fraction of sp³-hybridized carbons (Fsp3) is 0.391. The van der Waals surface area contributed by atoms with Gasteiger partial charge in [0.25, 0.3) is 5.91 Å². The maximum atomic E-state index is 10.9. The van der Waals surface area contributed by atoms with Crippen LogP contribution in [0.1, 0.15) is 25.0 Å². The highest BCUT2D eigenvalue weighted by Crippen LogP contribution is 2.28. The minimum absolute atomic E-state index is 0.142. The fourth-order valence-electron chi connectivity index (χ4n) is 2.88. The van der Waals surface area contributed by atoms with Crippen LogP contribution in [0.15, 0.2) is 47.5 Å². The molecule has 0 heterocycles. The predicted molar refractivity (Wildman–Crippen MR) is 122 cm³/mol. The molecule has 8 heteroatoms. The Balaban J connectivity index is 1.84. The number of nitrogens with zero attached hydrogens (tertiary/aromatic N) is 1. The zero-order chi connectivity index (χ0) is 22.5. The number of nitrogens with one attached hydrogen (secondary N) is 2. The Morgan fingerprint density at radius 2 is 1.74 bits per heavy atom. The van der Waals surface area contributed by atoms with Gasteiger partial charge in [0, 0.05) is 20.1 Å². The minimum Gasteiger partial charge on any atom is -0.490 e. The number of ether oxygens (including phenoxy) is 3. The molecule has 0 bridgehead atoms. The molecule has 2 aromatic rings. The third-order valence-electron chi connectivity index (χ3n) is 4.28. The second-order valence-electron chi connectivity index (χ2n) is 6.65. The summed E-state index contributed by atoms with van der Waals surface area (Å²) in [5.74, 6) is 2.32. The van der Waals surface area contributed by atoms with Crippen molar-refractivity contribution in [2.45, 2.75) is 26.8 Å². The van der Waals surface area contributed by atoms with Crippen LogP contribution in [0.3, 0.4) is 0 Å². The molecule has 0 aromatic heterocycles. The highest BCUT2D eigenvalue weighted by molar-refractivity contribution is 5.79. The van der Waals surface area contributed by atoms with Gasteiger partial charge in [-0.3, -0.25) is 9.79 Å². The third-order valence-corrected chi connectivity index (χ3v) is 4.28. The van der Waals surface area contributed by atoms with Gasteiger partial charge in [0.1, 0.15) is 5.75 Å². The van der Waals surface area contributed by atoms with Crippen molar-refractivity contribution in [2.24, 2.45) is 10.7 Å². The highest BCUT2D eigenvalue weighted by Gasteiger charge is 2.07. The maximum Gasteiger partial charge on any atom is 0.255 e. The molecular weight excluding hydrogens is 396 g/mol. The summed E-state index contributed by atoms with van der Waals surface area (Å²) in [6.07, 6.45) is 0.809. The molecule has 0 aliphatic carbocycles. The van der Waals surface area contributed by atoms with Crippen LogP contribution in [0, 0.1) is 0 Å². The summed E-state index contributed by atoms with van der Waals surface area (Å²) in [6.45, 7) is 6.23. The Kier molecular flexibility index (Phi) is 10.0. The van der Waals surface area contributed by atoms with Gasteiger partial charge in [0.05, 0.1) is 13.2 Å². The van der Waals surface area contributed by atoms with Crippen LogP contribution in [-0.2, 0) is 17.8 Å². The summed E-state index contributed by atoms with van der Waals surface area (Å²) in [5.41, 5.74) is 7.26. The lowest BCUT2D eigenvalue weighted by molar-refractivity contribution is -0.119. The quantitative estimate of drug-likeness (QED) is 0.354. The second kappa shape index (κ2) is 13.0. The monoisotopic (exact) mass is 428 g/mol. The van der Waals surface area contributed by atoms with Crippen molar-refractivity contribution < 1.29 is 19.0 Å². The van der Waals surface area contributed by atoms with Crippen LogP contribution in [-0.4, -0.2) is 45.3 Å². The van der Waals surface area contributed by atoms with E-state index in [0.717, 1.165) is 29.0 Å². The highest BCUT2D eigenvalue weighted by atomic mass is 16.5. The molecule has 8 nitrogen and oxygen atoms in total. The average Bonchev–Trinajstić information content (AvgIpc) is 2.77. The van der Waals surface area contributed by atoms with Gasteiger partial charge in [-0.25, -0.2) is 0 Å². The van der Waals surface area contributed by atoms with Crippen LogP contribution in [0.25, 0.3) is 0 Å². The molecule has 2 aromatic carbocycles. The molecule has 0 saturated carbocycles. The maximum absolute atomic E-state index is 10.9. The van der Waals surface area contributed by atoms with Crippen molar-refractivity contribution >= 4 is 11.9 Å². The predicted octanol–water partition coefficient (Wildman–Crippen LogP) is 2.26. The van der Waals surface area contributed by atoms with Crippen molar-refractivity contribution in [1.29, 1.82) is 0 Å². The van der Waals surface area contributed by atoms with E-state index in [0.29, 0.717) is 38.0 Å². The number of hydrogen-bond acceptors (Lipinski definition) is 5. The number of carbonyl (C=O) groups excluding carboxylic acids is 1. The zero-order valence-corrected chi connectivity index (χ0v) is 18.4. The number of amides is 1. The molecule has 31 heavy (non-hydrogen) atoms. The Morgan fingerprint density at radius 1 is 0.968 bits per heavy atom. The Labute approximate surface area is 183 Å². The van der Waals surface area contributed by atoms with Crippen LogP contribution in [0.4, 0.5) is 0 Å². The zero-order valence-electron chi connectivity index (χ0n) is 18.4. The van der Waals surface area contributed by atoms with E-state index in [9.17, 15) is 4.79 Å². The molecule has 0 fully saturated rings. The Hall–Kier alpha value is -3.42. The SMILES string of the molecule is CCOc1ccc(CCNC(=NC)NCc2cccc(OCC(N)=O)c2)cc1OCC. The lowest BCUT2D eigenvalue weighted by Gasteiger charge is -2.14. The van der Waals surface area contributed by atoms with Crippen LogP contribution in [0.5, 0.6) is 17.2 Å². The van der Waals surface area contributed by atoms with Crippen LogP contribution in [0.2, 0.25) is 0 Å². The summed E-state index contributed by atoms with van der Waals surface area (Å²) in [7, 11) is 1.73. The first-order valence-corrected chi connectivity index (χ1v) is 10.4. The first kappa shape index (κ1) is 23.9. The molecule has 168 valence electrons. The van der Waals surface area contributed by atoms with Crippen molar-refractivity contribution in [3.63, 3.8) is 0 Å². The number of rotatable bonds is 12. The molecule has 0 aliphatic rings. The van der Waals surface area contributed by atoms with Crippen molar-refractivity contribution in [2.75, 3.05) is 33.4 Å². The van der Waals surface area contributed by atoms with Crippen LogP contribution >= 0.6 is 0 Å². The lowest BCUT2D eigenvalue weighted by atomic mass is 10.1. The van der Waals surface area contributed by atoms with Gasteiger partial charge in [0.2, 0.25) is 0 Å². The van der Waals surface area contributed by atoms with Gasteiger partial charge >= 0.3 is 0 Å². The number of benzene rings is 2. The summed E-state index contributed by atoms with van der Waals surface area (Å²) in [6, 6.07) is 13.5. The number of guanidine groups is 1. The molecule has 0 atom stereocenters. The van der Waals surface area contributed by atoms with Crippen molar-refractivity contribution in [3.8, 4) is 17.2 Å². The molecule has 4 N–H and O–H groups in total. The lowest BCUT2D eigenvalue weighted by Crippen LogP contribution is -2.37. The van der Waals surface area contributed by atoms with Gasteiger partial charge < -0.3 is 30.6 Å². The smallest absolute Gasteiger partial charge is 0.255 e. The first-order valence-electron chi connectivity index (χ1n) is 10.4. The van der Waals surface area contributed by atoms with Gasteiger partial charge in [-0.2, -0.15) is 0 Å². The Morgan fingerprint density at radius 3 is 2.45 bits per heavy atom. The summed E-state index contributed by atoms with van der Waals surface area (Å²) in [5, 5.41) is 6.58. The molecule has 0 aliphatic heterocycles. The number of primary amides is 1. The van der Waals surface area contributed by atoms with E-state index in [4.69, 9.17) is 19.9 Å². The van der Waals surface area contributed by atoms with E-state index in [1.165, 1.54) is 0 Å². The van der Waals surface area contributed by atoms with E-state index >= 15 is 0 Å². The van der Waals surface area contributed by atoms with E-state index < -0.39 is 5.91 Å². The number of aliphatic imine (C=N–C) groups is 1. The molecule has 0 saturated heterocycles. The molecule has 1 amide bonds. The molecule has 2 rings (SSSR count). The first-order chi connectivity index (χ1) is 15.0. The van der Waals surface area contributed by atoms with Crippen LogP contribution < -0.4 is 30.6 Å². The second-order valence-corrected chi connectivity index (χ2v) is 6.65. The Bertz CT molecular complexity index is 870. The average molecular weight is 429 g/mol. The number of carbonyl (C=O) groups is 1. The molecule has 0 spiro atoms. The number of nitrogens with two attached hydrogens (primary N) is 1. The minimum atomic E-state index is -0.506. The van der Waals surface area contributed by atoms with Gasteiger partial charge in [0.15, 0.2) is 24.1 Å². The molecule has 0 radical (unpaired) electrons. The van der Waals surface area contributed by atoms with Crippen molar-refractivity contribution in [3.05, 3.63) is 53.6 Å². The normalized spacial score (nSPS) is 11.0. The van der Waals surface area contributed by atoms with Gasteiger partial charge in [-0.05, 0) is 55.7 Å². The summed E-state index contributed by atoms with van der Waals surface area (Å²) < 4.78 is 16.6. The standard InChI is InChI=1S/C23H32N4O4/c1-4-29-20-10-9-17(14-21(20)30-5-2)11-12-26-23(25-3)27-15-18-7-6-8-19(13-18)31-16-22(24)28/h6-10,13-14H,4-5,11-12,15-16H2,1-3H3,(H2,24,28)(H2,25,26,27). The molecule has 0 unspecified atom stereocenters. The fourth-order valence-corrected chi connectivity index (χ4v) is 2.88. The topological polar surface area (TPSA) is 107 Å². The van der Waals surface area contributed by atoms with Crippen molar-refractivity contribution in [1.82, 2.24) is 10.6 Å². The number of hydrogen-bond donors (Lipinski definition) is 3. The van der Waals surface area contributed by atoms with E-state index in [2.05, 4.69) is 15.6 Å². The van der Waals surface area contributed by atoms with E-state index in [1.807, 2.05) is 50.2 Å². The summed E-state index contributed by atoms with van der Waals surface area (Å²) >= 11 is 0. The largest absolute Gasteiger partial charge is 0.490 e.